The predicted octanol–water partition coefficient (Wildman–Crippen LogP) is 2.00. The van der Waals surface area contributed by atoms with Crippen molar-refractivity contribution in [2.75, 3.05) is 38.7 Å². The van der Waals surface area contributed by atoms with E-state index in [1.807, 2.05) is 32.0 Å². The van der Waals surface area contributed by atoms with Crippen LogP contribution in [0.25, 0.3) is 0 Å². The Kier molecular flexibility index (Phi) is 7.37. The average molecular weight is 348 g/mol. The van der Waals surface area contributed by atoms with Gasteiger partial charge in [0.1, 0.15) is 0 Å². The van der Waals surface area contributed by atoms with Crippen LogP contribution in [0, 0.1) is 5.92 Å². The molecule has 1 aromatic carbocycles. The van der Waals surface area contributed by atoms with Gasteiger partial charge in [-0.1, -0.05) is 0 Å². The summed E-state index contributed by atoms with van der Waals surface area (Å²) in [6.07, 6.45) is 2.03. The zero-order valence-corrected chi connectivity index (χ0v) is 15.2. The molecule has 1 aromatic rings. The highest BCUT2D eigenvalue weighted by molar-refractivity contribution is 5.94. The Morgan fingerprint density at radius 2 is 2.04 bits per heavy atom. The Balaban J connectivity index is 1.93. The van der Waals surface area contributed by atoms with Gasteiger partial charge in [0, 0.05) is 30.8 Å². The number of amides is 1. The first-order chi connectivity index (χ1) is 12.2. The molecule has 25 heavy (non-hydrogen) atoms. The maximum atomic E-state index is 11.6. The van der Waals surface area contributed by atoms with Crippen molar-refractivity contribution >= 4 is 17.6 Å². The van der Waals surface area contributed by atoms with Crippen molar-refractivity contribution in [2.24, 2.45) is 10.9 Å². The molecule has 0 heterocycles. The molecule has 1 aliphatic rings. The summed E-state index contributed by atoms with van der Waals surface area (Å²) in [6.45, 7) is 6.30. The van der Waals surface area contributed by atoms with Gasteiger partial charge in [-0.2, -0.15) is 0 Å². The Morgan fingerprint density at radius 1 is 1.24 bits per heavy atom. The molecule has 0 atom stereocenters. The van der Waals surface area contributed by atoms with E-state index < -0.39 is 0 Å². The fraction of sp³-hybridized carbons (Fsp3) is 0.556. The van der Waals surface area contributed by atoms with Gasteiger partial charge in [-0.3, -0.25) is 9.79 Å². The molecule has 0 radical (unpaired) electrons. The standard InChI is InChI=1S/C18H28N4O3/c1-4-19-18(21-11-10-20-17(23)13-6-7-13)22-14-8-9-15(24-3)16(12-14)25-5-2/h8-9,12-13H,4-7,10-11H2,1-3H3,(H,20,23)(H2,19,21,22). The minimum absolute atomic E-state index is 0.143. The van der Waals surface area contributed by atoms with Crippen LogP contribution in [-0.4, -0.2) is 45.2 Å². The zero-order valence-electron chi connectivity index (χ0n) is 15.2. The van der Waals surface area contributed by atoms with Crippen LogP contribution in [0.15, 0.2) is 23.2 Å². The molecule has 3 N–H and O–H groups in total. The van der Waals surface area contributed by atoms with Crippen molar-refractivity contribution in [3.8, 4) is 11.5 Å². The van der Waals surface area contributed by atoms with Crippen molar-refractivity contribution < 1.29 is 14.3 Å². The molecule has 0 saturated heterocycles. The molecule has 1 aliphatic carbocycles. The van der Waals surface area contributed by atoms with E-state index >= 15 is 0 Å². The highest BCUT2D eigenvalue weighted by Crippen LogP contribution is 2.30. The van der Waals surface area contributed by atoms with E-state index in [1.165, 1.54) is 0 Å². The summed E-state index contributed by atoms with van der Waals surface area (Å²) in [5.74, 6) is 2.41. The van der Waals surface area contributed by atoms with Crippen LogP contribution >= 0.6 is 0 Å². The van der Waals surface area contributed by atoms with Gasteiger partial charge in [0.05, 0.1) is 20.3 Å². The van der Waals surface area contributed by atoms with Crippen molar-refractivity contribution in [3.05, 3.63) is 18.2 Å². The van der Waals surface area contributed by atoms with Gasteiger partial charge in [0.25, 0.3) is 0 Å². The van der Waals surface area contributed by atoms with E-state index in [0.29, 0.717) is 37.2 Å². The third-order valence-electron chi connectivity index (χ3n) is 3.70. The maximum Gasteiger partial charge on any atom is 0.223 e. The molecular weight excluding hydrogens is 320 g/mol. The number of aliphatic imine (C=N–C) groups is 1. The number of carbonyl (C=O) groups is 1. The minimum Gasteiger partial charge on any atom is -0.493 e. The Morgan fingerprint density at radius 3 is 2.68 bits per heavy atom. The maximum absolute atomic E-state index is 11.6. The van der Waals surface area contributed by atoms with Crippen molar-refractivity contribution in [1.29, 1.82) is 0 Å². The number of benzene rings is 1. The van der Waals surface area contributed by atoms with Gasteiger partial charge in [0.2, 0.25) is 5.91 Å². The van der Waals surface area contributed by atoms with E-state index in [9.17, 15) is 4.79 Å². The first kappa shape index (κ1) is 18.9. The molecular formula is C18H28N4O3. The number of methoxy groups -OCH3 is 1. The van der Waals surface area contributed by atoms with Crippen LogP contribution in [0.4, 0.5) is 5.69 Å². The number of anilines is 1. The van der Waals surface area contributed by atoms with Gasteiger partial charge in [-0.05, 0) is 38.8 Å². The molecule has 0 bridgehead atoms. The number of nitrogens with one attached hydrogen (secondary N) is 3. The fourth-order valence-electron chi connectivity index (χ4n) is 2.30. The number of hydrogen-bond acceptors (Lipinski definition) is 4. The van der Waals surface area contributed by atoms with Crippen LogP contribution in [0.5, 0.6) is 11.5 Å². The third kappa shape index (κ3) is 6.17. The van der Waals surface area contributed by atoms with E-state index in [-0.39, 0.29) is 11.8 Å². The van der Waals surface area contributed by atoms with Crippen LogP contribution in [0.1, 0.15) is 26.7 Å². The van der Waals surface area contributed by atoms with Crippen molar-refractivity contribution in [3.63, 3.8) is 0 Å². The number of carbonyl (C=O) groups excluding carboxylic acids is 1. The highest BCUT2D eigenvalue weighted by Gasteiger charge is 2.28. The van der Waals surface area contributed by atoms with E-state index in [4.69, 9.17) is 9.47 Å². The molecule has 1 fully saturated rings. The molecule has 0 spiro atoms. The molecule has 7 nitrogen and oxygen atoms in total. The van der Waals surface area contributed by atoms with Gasteiger partial charge < -0.3 is 25.4 Å². The van der Waals surface area contributed by atoms with Crippen LogP contribution < -0.4 is 25.4 Å². The van der Waals surface area contributed by atoms with E-state index in [1.54, 1.807) is 7.11 Å². The monoisotopic (exact) mass is 348 g/mol. The minimum atomic E-state index is 0.143. The summed E-state index contributed by atoms with van der Waals surface area (Å²) in [5.41, 5.74) is 0.853. The Labute approximate surface area is 149 Å². The second kappa shape index (κ2) is 9.76. The normalized spacial score (nSPS) is 14.0. The van der Waals surface area contributed by atoms with Crippen molar-refractivity contribution in [1.82, 2.24) is 10.6 Å². The molecule has 7 heteroatoms. The van der Waals surface area contributed by atoms with E-state index in [0.717, 1.165) is 25.1 Å². The number of nitrogens with zero attached hydrogens (tertiary/aromatic N) is 1. The summed E-state index contributed by atoms with van der Waals surface area (Å²) >= 11 is 0. The number of rotatable bonds is 9. The second-order valence-electron chi connectivity index (χ2n) is 5.75. The molecule has 0 aromatic heterocycles. The van der Waals surface area contributed by atoms with Gasteiger partial charge >= 0.3 is 0 Å². The highest BCUT2D eigenvalue weighted by atomic mass is 16.5. The van der Waals surface area contributed by atoms with Gasteiger partial charge in [-0.25, -0.2) is 0 Å². The fourth-order valence-corrected chi connectivity index (χ4v) is 2.30. The quantitative estimate of drug-likeness (QED) is 0.361. The van der Waals surface area contributed by atoms with Gasteiger partial charge in [-0.15, -0.1) is 0 Å². The zero-order chi connectivity index (χ0) is 18.1. The summed E-state index contributed by atoms with van der Waals surface area (Å²) < 4.78 is 10.9. The summed E-state index contributed by atoms with van der Waals surface area (Å²) in [7, 11) is 1.62. The average Bonchev–Trinajstić information content (AvgIpc) is 3.44. The number of hydrogen-bond donors (Lipinski definition) is 3. The molecule has 138 valence electrons. The van der Waals surface area contributed by atoms with Crippen molar-refractivity contribution in [2.45, 2.75) is 26.7 Å². The lowest BCUT2D eigenvalue weighted by Gasteiger charge is -2.14. The Bertz CT molecular complexity index is 600. The lowest BCUT2D eigenvalue weighted by atomic mass is 10.2. The number of ether oxygens (including phenoxy) is 2. The smallest absolute Gasteiger partial charge is 0.223 e. The molecule has 1 amide bonds. The Hall–Kier alpha value is -2.44. The molecule has 0 aliphatic heterocycles. The largest absolute Gasteiger partial charge is 0.493 e. The molecule has 1 saturated carbocycles. The van der Waals surface area contributed by atoms with Crippen LogP contribution in [-0.2, 0) is 4.79 Å². The van der Waals surface area contributed by atoms with Crippen LogP contribution in [0.2, 0.25) is 0 Å². The van der Waals surface area contributed by atoms with Gasteiger partial charge in [0.15, 0.2) is 17.5 Å². The van der Waals surface area contributed by atoms with Crippen LogP contribution in [0.3, 0.4) is 0 Å². The lowest BCUT2D eigenvalue weighted by molar-refractivity contribution is -0.122. The topological polar surface area (TPSA) is 84.0 Å². The predicted molar refractivity (Wildman–Crippen MR) is 99.5 cm³/mol. The SMILES string of the molecule is CCNC(=NCCNC(=O)C1CC1)Nc1ccc(OC)c(OCC)c1. The molecule has 0 unspecified atom stereocenters. The lowest BCUT2D eigenvalue weighted by Crippen LogP contribution is -2.32. The summed E-state index contributed by atoms with van der Waals surface area (Å²) in [4.78, 5) is 16.1. The molecule has 2 rings (SSSR count). The third-order valence-corrected chi connectivity index (χ3v) is 3.70. The second-order valence-corrected chi connectivity index (χ2v) is 5.75. The number of guanidine groups is 1. The first-order valence-electron chi connectivity index (χ1n) is 8.81. The summed E-state index contributed by atoms with van der Waals surface area (Å²) in [6, 6.07) is 5.64. The first-order valence-corrected chi connectivity index (χ1v) is 8.81. The van der Waals surface area contributed by atoms with E-state index in [2.05, 4.69) is 20.9 Å². The summed E-state index contributed by atoms with van der Waals surface area (Å²) in [5, 5.41) is 9.34.